The van der Waals surface area contributed by atoms with Crippen LogP contribution in [0, 0.1) is 6.92 Å². The second kappa shape index (κ2) is 7.33. The van der Waals surface area contributed by atoms with Gasteiger partial charge in [0.05, 0.1) is 18.4 Å². The van der Waals surface area contributed by atoms with Gasteiger partial charge >= 0.3 is 0 Å². The fraction of sp³-hybridized carbons (Fsp3) is 0.625. The van der Waals surface area contributed by atoms with Crippen molar-refractivity contribution in [2.45, 2.75) is 32.3 Å². The highest BCUT2D eigenvalue weighted by Gasteiger charge is 2.25. The number of aromatic nitrogens is 1. The van der Waals surface area contributed by atoms with Crippen molar-refractivity contribution in [3.8, 4) is 5.88 Å². The van der Waals surface area contributed by atoms with Crippen molar-refractivity contribution in [1.29, 1.82) is 0 Å². The van der Waals surface area contributed by atoms with Crippen molar-refractivity contribution in [1.82, 2.24) is 4.98 Å². The Labute approximate surface area is 135 Å². The summed E-state index contributed by atoms with van der Waals surface area (Å²) in [6.07, 6.45) is 5.59. The van der Waals surface area contributed by atoms with Gasteiger partial charge in [0.25, 0.3) is 0 Å². The summed E-state index contributed by atoms with van der Waals surface area (Å²) in [5, 5.41) is 0. The molecule has 0 aromatic carbocycles. The van der Waals surface area contributed by atoms with Crippen molar-refractivity contribution in [3.63, 3.8) is 0 Å². The number of fused-ring (bicyclic) bond motifs is 1. The van der Waals surface area contributed by atoms with Gasteiger partial charge in [-0.15, -0.1) is 11.8 Å². The SMILES string of the molecule is Cc1cnc2c(c1)N(C(=O)CSCC1CCCCO1)CCO2. The van der Waals surface area contributed by atoms with Crippen LogP contribution in [0.2, 0.25) is 0 Å². The maximum atomic E-state index is 12.5. The van der Waals surface area contributed by atoms with E-state index in [2.05, 4.69) is 4.98 Å². The Hall–Kier alpha value is -1.27. The third-order valence-electron chi connectivity index (χ3n) is 3.92. The van der Waals surface area contributed by atoms with Crippen LogP contribution in [0.5, 0.6) is 5.88 Å². The van der Waals surface area contributed by atoms with Crippen LogP contribution in [0.25, 0.3) is 0 Å². The molecule has 1 saturated heterocycles. The van der Waals surface area contributed by atoms with Crippen molar-refractivity contribution < 1.29 is 14.3 Å². The van der Waals surface area contributed by atoms with Crippen LogP contribution in [0.3, 0.4) is 0 Å². The van der Waals surface area contributed by atoms with E-state index in [1.807, 2.05) is 13.0 Å². The number of ether oxygens (including phenoxy) is 2. The molecule has 3 rings (SSSR count). The molecule has 0 spiro atoms. The molecule has 5 nitrogen and oxygen atoms in total. The van der Waals surface area contributed by atoms with Gasteiger partial charge in [-0.25, -0.2) is 4.98 Å². The van der Waals surface area contributed by atoms with Crippen LogP contribution >= 0.6 is 11.8 Å². The zero-order valence-electron chi connectivity index (χ0n) is 12.9. The molecule has 1 aromatic rings. The molecular formula is C16H22N2O3S. The number of nitrogens with zero attached hydrogens (tertiary/aromatic N) is 2. The summed E-state index contributed by atoms with van der Waals surface area (Å²) in [5.74, 6) is 2.06. The standard InChI is InChI=1S/C16H22N2O3S/c1-12-8-14-16(17-9-12)21-7-5-18(14)15(19)11-22-10-13-4-2-3-6-20-13/h8-9,13H,2-7,10-11H2,1H3. The molecule has 3 heterocycles. The van der Waals surface area contributed by atoms with Gasteiger partial charge in [-0.2, -0.15) is 0 Å². The summed E-state index contributed by atoms with van der Waals surface area (Å²) in [6, 6.07) is 1.97. The number of amides is 1. The Morgan fingerprint density at radius 1 is 1.45 bits per heavy atom. The lowest BCUT2D eigenvalue weighted by molar-refractivity contribution is -0.116. The Morgan fingerprint density at radius 2 is 2.36 bits per heavy atom. The van der Waals surface area contributed by atoms with E-state index in [4.69, 9.17) is 9.47 Å². The number of anilines is 1. The van der Waals surface area contributed by atoms with Crippen LogP contribution < -0.4 is 9.64 Å². The third-order valence-corrected chi connectivity index (χ3v) is 4.98. The normalized spacial score (nSPS) is 21.1. The second-order valence-corrected chi connectivity index (χ2v) is 6.76. The van der Waals surface area contributed by atoms with Crippen LogP contribution in [-0.4, -0.2) is 48.3 Å². The quantitative estimate of drug-likeness (QED) is 0.852. The summed E-state index contributed by atoms with van der Waals surface area (Å²) in [5.41, 5.74) is 1.83. The van der Waals surface area contributed by atoms with Crippen LogP contribution in [0.1, 0.15) is 24.8 Å². The highest BCUT2D eigenvalue weighted by atomic mass is 32.2. The smallest absolute Gasteiger partial charge is 0.238 e. The number of rotatable bonds is 4. The number of aryl methyl sites for hydroxylation is 1. The highest BCUT2D eigenvalue weighted by molar-refractivity contribution is 8.00. The van der Waals surface area contributed by atoms with E-state index in [1.54, 1.807) is 22.9 Å². The molecule has 1 aromatic heterocycles. The fourth-order valence-corrected chi connectivity index (χ4v) is 3.73. The van der Waals surface area contributed by atoms with E-state index in [-0.39, 0.29) is 5.91 Å². The van der Waals surface area contributed by atoms with Gasteiger partial charge in [-0.1, -0.05) is 0 Å². The van der Waals surface area contributed by atoms with Gasteiger partial charge < -0.3 is 14.4 Å². The summed E-state index contributed by atoms with van der Waals surface area (Å²) < 4.78 is 11.2. The van der Waals surface area contributed by atoms with Crippen molar-refractivity contribution in [2.24, 2.45) is 0 Å². The van der Waals surface area contributed by atoms with Crippen molar-refractivity contribution >= 4 is 23.4 Å². The second-order valence-electron chi connectivity index (χ2n) is 5.73. The summed E-state index contributed by atoms with van der Waals surface area (Å²) in [7, 11) is 0. The van der Waals surface area contributed by atoms with Gasteiger partial charge in [0.15, 0.2) is 0 Å². The van der Waals surface area contributed by atoms with Gasteiger partial charge in [0.2, 0.25) is 11.8 Å². The summed E-state index contributed by atoms with van der Waals surface area (Å²) >= 11 is 1.66. The molecule has 2 aliphatic rings. The van der Waals surface area contributed by atoms with E-state index >= 15 is 0 Å². The molecule has 0 aliphatic carbocycles. The van der Waals surface area contributed by atoms with Gasteiger partial charge in [-0.05, 0) is 37.8 Å². The first kappa shape index (κ1) is 15.6. The fourth-order valence-electron chi connectivity index (χ4n) is 2.75. The molecule has 1 unspecified atom stereocenters. The van der Waals surface area contributed by atoms with Gasteiger partial charge in [-0.3, -0.25) is 4.79 Å². The zero-order valence-corrected chi connectivity index (χ0v) is 13.7. The topological polar surface area (TPSA) is 51.7 Å². The molecule has 2 aliphatic heterocycles. The number of hydrogen-bond donors (Lipinski definition) is 0. The van der Waals surface area contributed by atoms with E-state index in [0.29, 0.717) is 30.9 Å². The monoisotopic (exact) mass is 322 g/mol. The van der Waals surface area contributed by atoms with Gasteiger partial charge in [0, 0.05) is 18.6 Å². The minimum absolute atomic E-state index is 0.123. The maximum absolute atomic E-state index is 12.5. The molecule has 1 atom stereocenters. The predicted octanol–water partition coefficient (Wildman–Crippen LogP) is 2.42. The predicted molar refractivity (Wildman–Crippen MR) is 87.7 cm³/mol. The molecule has 0 N–H and O–H groups in total. The van der Waals surface area contributed by atoms with Crippen LogP contribution in [0.15, 0.2) is 12.3 Å². The summed E-state index contributed by atoms with van der Waals surface area (Å²) in [6.45, 7) is 3.93. The lowest BCUT2D eigenvalue weighted by atomic mass is 10.1. The number of carbonyl (C=O) groups is 1. The van der Waals surface area contributed by atoms with Crippen LogP contribution in [-0.2, 0) is 9.53 Å². The maximum Gasteiger partial charge on any atom is 0.238 e. The highest BCUT2D eigenvalue weighted by Crippen LogP contribution is 2.30. The average Bonchev–Trinajstić information content (AvgIpc) is 2.55. The number of pyridine rings is 1. The molecule has 22 heavy (non-hydrogen) atoms. The minimum atomic E-state index is 0.123. The third kappa shape index (κ3) is 3.73. The number of carbonyl (C=O) groups excluding carboxylic acids is 1. The molecule has 1 amide bonds. The lowest BCUT2D eigenvalue weighted by Crippen LogP contribution is -2.39. The summed E-state index contributed by atoms with van der Waals surface area (Å²) in [4.78, 5) is 18.6. The molecule has 0 saturated carbocycles. The van der Waals surface area contributed by atoms with Gasteiger partial charge in [0.1, 0.15) is 12.3 Å². The first-order valence-electron chi connectivity index (χ1n) is 7.83. The molecule has 0 bridgehead atoms. The Bertz CT molecular complexity index is 532. The first-order chi connectivity index (χ1) is 10.7. The van der Waals surface area contributed by atoms with E-state index in [0.717, 1.165) is 36.5 Å². The molecule has 6 heteroatoms. The number of hydrogen-bond acceptors (Lipinski definition) is 5. The lowest BCUT2D eigenvalue weighted by Gasteiger charge is -2.29. The molecular weight excluding hydrogens is 300 g/mol. The Morgan fingerprint density at radius 3 is 3.18 bits per heavy atom. The minimum Gasteiger partial charge on any atom is -0.474 e. The molecule has 1 fully saturated rings. The van der Waals surface area contributed by atoms with E-state index < -0.39 is 0 Å². The van der Waals surface area contributed by atoms with Crippen LogP contribution in [0.4, 0.5) is 5.69 Å². The number of thioether (sulfide) groups is 1. The van der Waals surface area contributed by atoms with E-state index in [1.165, 1.54) is 6.42 Å². The van der Waals surface area contributed by atoms with Crippen molar-refractivity contribution in [3.05, 3.63) is 17.8 Å². The zero-order chi connectivity index (χ0) is 15.4. The first-order valence-corrected chi connectivity index (χ1v) is 8.98. The average molecular weight is 322 g/mol. The molecule has 120 valence electrons. The Balaban J connectivity index is 1.55. The van der Waals surface area contributed by atoms with Crippen molar-refractivity contribution in [2.75, 3.05) is 36.2 Å². The largest absolute Gasteiger partial charge is 0.474 e. The molecule has 0 radical (unpaired) electrons. The Kier molecular flexibility index (Phi) is 5.20. The van der Waals surface area contributed by atoms with E-state index in [9.17, 15) is 4.79 Å².